The zero-order valence-corrected chi connectivity index (χ0v) is 16.6. The van der Waals surface area contributed by atoms with Gasteiger partial charge in [-0.1, -0.05) is 29.8 Å². The van der Waals surface area contributed by atoms with E-state index in [2.05, 4.69) is 15.3 Å². The van der Waals surface area contributed by atoms with Gasteiger partial charge in [0.2, 0.25) is 0 Å². The maximum absolute atomic E-state index is 12.6. The first-order valence-corrected chi connectivity index (χ1v) is 9.74. The lowest BCUT2D eigenvalue weighted by molar-refractivity contribution is 0.0950. The lowest BCUT2D eigenvalue weighted by atomic mass is 10.1. The monoisotopic (exact) mass is 385 g/mol. The summed E-state index contributed by atoms with van der Waals surface area (Å²) in [6.07, 6.45) is 2.46. The van der Waals surface area contributed by atoms with Crippen LogP contribution >= 0.6 is 0 Å². The lowest BCUT2D eigenvalue weighted by Crippen LogP contribution is -2.26. The molecule has 2 aromatic heterocycles. The minimum Gasteiger partial charge on any atom is -0.491 e. The summed E-state index contributed by atoms with van der Waals surface area (Å²) >= 11 is 0. The van der Waals surface area contributed by atoms with Gasteiger partial charge in [0.05, 0.1) is 23.4 Å². The Morgan fingerprint density at radius 3 is 2.79 bits per heavy atom. The molecule has 0 atom stereocenters. The minimum atomic E-state index is -0.106. The molecule has 0 aliphatic carbocycles. The van der Waals surface area contributed by atoms with Crippen LogP contribution < -0.4 is 10.1 Å². The molecule has 4 aromatic rings. The molecule has 5 nitrogen and oxygen atoms in total. The molecule has 2 aromatic carbocycles. The summed E-state index contributed by atoms with van der Waals surface area (Å²) in [5, 5.41) is 5.00. The number of carbonyl (C=O) groups is 1. The zero-order valence-electron chi connectivity index (χ0n) is 16.6. The van der Waals surface area contributed by atoms with Gasteiger partial charge in [-0.25, -0.2) is 0 Å². The molecule has 5 heteroatoms. The molecular weight excluding hydrogens is 362 g/mol. The van der Waals surface area contributed by atoms with E-state index < -0.39 is 0 Å². The largest absolute Gasteiger partial charge is 0.491 e. The second-order valence-electron chi connectivity index (χ2n) is 7.11. The molecule has 4 rings (SSSR count). The number of aromatic nitrogens is 2. The molecule has 0 aliphatic rings. The molecule has 0 bridgehead atoms. The van der Waals surface area contributed by atoms with E-state index in [1.165, 1.54) is 0 Å². The lowest BCUT2D eigenvalue weighted by Gasteiger charge is -2.11. The first-order chi connectivity index (χ1) is 14.1. The van der Waals surface area contributed by atoms with Crippen LogP contribution in [0.4, 0.5) is 0 Å². The third-order valence-corrected chi connectivity index (χ3v) is 4.87. The fourth-order valence-electron chi connectivity index (χ4n) is 3.37. The minimum absolute atomic E-state index is 0.106. The summed E-state index contributed by atoms with van der Waals surface area (Å²) in [6, 6.07) is 17.8. The predicted octanol–water partition coefficient (Wildman–Crippen LogP) is 4.60. The quantitative estimate of drug-likeness (QED) is 0.493. The molecule has 0 unspecified atom stereocenters. The van der Waals surface area contributed by atoms with Gasteiger partial charge in [-0.05, 0) is 50.6 Å². The number of aryl methyl sites for hydroxylation is 2. The van der Waals surface area contributed by atoms with Gasteiger partial charge < -0.3 is 10.1 Å². The Morgan fingerprint density at radius 2 is 1.90 bits per heavy atom. The SMILES string of the molecule is Cc1ccc2nc(C)c(C(=O)NCCCOc3cccc4cccnc34)cc2c1. The molecule has 0 saturated carbocycles. The van der Waals surface area contributed by atoms with E-state index in [1.54, 1.807) is 6.20 Å². The number of nitrogens with zero attached hydrogens (tertiary/aromatic N) is 2. The highest BCUT2D eigenvalue weighted by molar-refractivity contribution is 5.98. The molecule has 29 heavy (non-hydrogen) atoms. The number of hydrogen-bond donors (Lipinski definition) is 1. The van der Waals surface area contributed by atoms with E-state index in [0.29, 0.717) is 25.1 Å². The number of hydrogen-bond acceptors (Lipinski definition) is 4. The van der Waals surface area contributed by atoms with Crippen LogP contribution in [0.15, 0.2) is 60.8 Å². The maximum Gasteiger partial charge on any atom is 0.253 e. The zero-order chi connectivity index (χ0) is 20.2. The van der Waals surface area contributed by atoms with Crippen LogP contribution in [0.3, 0.4) is 0 Å². The van der Waals surface area contributed by atoms with Crippen LogP contribution in [0.2, 0.25) is 0 Å². The van der Waals surface area contributed by atoms with Crippen molar-refractivity contribution >= 4 is 27.7 Å². The molecule has 0 aliphatic heterocycles. The number of amides is 1. The number of benzene rings is 2. The molecule has 1 amide bonds. The maximum atomic E-state index is 12.6. The normalized spacial score (nSPS) is 11.0. The highest BCUT2D eigenvalue weighted by Gasteiger charge is 2.11. The van der Waals surface area contributed by atoms with Crippen molar-refractivity contribution in [3.63, 3.8) is 0 Å². The topological polar surface area (TPSA) is 64.1 Å². The van der Waals surface area contributed by atoms with Gasteiger partial charge in [0.25, 0.3) is 5.91 Å². The number of fused-ring (bicyclic) bond motifs is 2. The number of pyridine rings is 2. The van der Waals surface area contributed by atoms with E-state index in [1.807, 2.05) is 68.4 Å². The fourth-order valence-corrected chi connectivity index (χ4v) is 3.37. The summed E-state index contributed by atoms with van der Waals surface area (Å²) in [6.45, 7) is 4.93. The Bertz CT molecular complexity index is 1180. The molecule has 0 saturated heterocycles. The van der Waals surface area contributed by atoms with Crippen molar-refractivity contribution in [2.45, 2.75) is 20.3 Å². The van der Waals surface area contributed by atoms with Gasteiger partial charge in [-0.3, -0.25) is 14.8 Å². The molecule has 1 N–H and O–H groups in total. The van der Waals surface area contributed by atoms with Crippen molar-refractivity contribution in [3.05, 3.63) is 77.6 Å². The van der Waals surface area contributed by atoms with Crippen LogP contribution in [0.25, 0.3) is 21.8 Å². The van der Waals surface area contributed by atoms with E-state index in [9.17, 15) is 4.79 Å². The number of nitrogens with one attached hydrogen (secondary N) is 1. The third-order valence-electron chi connectivity index (χ3n) is 4.87. The van der Waals surface area contributed by atoms with Crippen LogP contribution in [0.5, 0.6) is 5.75 Å². The van der Waals surface area contributed by atoms with E-state index >= 15 is 0 Å². The fraction of sp³-hybridized carbons (Fsp3) is 0.208. The van der Waals surface area contributed by atoms with Crippen molar-refractivity contribution in [3.8, 4) is 5.75 Å². The van der Waals surface area contributed by atoms with Crippen LogP contribution in [-0.4, -0.2) is 29.0 Å². The Morgan fingerprint density at radius 1 is 1.03 bits per heavy atom. The first kappa shape index (κ1) is 18.9. The van der Waals surface area contributed by atoms with Gasteiger partial charge >= 0.3 is 0 Å². The number of para-hydroxylation sites is 1. The van der Waals surface area contributed by atoms with Gasteiger partial charge in [0.15, 0.2) is 0 Å². The molecular formula is C24H23N3O2. The van der Waals surface area contributed by atoms with Crippen LogP contribution in [0.1, 0.15) is 28.0 Å². The second-order valence-corrected chi connectivity index (χ2v) is 7.11. The summed E-state index contributed by atoms with van der Waals surface area (Å²) in [5.74, 6) is 0.657. The van der Waals surface area contributed by atoms with Gasteiger partial charge in [-0.2, -0.15) is 0 Å². The van der Waals surface area contributed by atoms with Gasteiger partial charge in [0, 0.05) is 23.5 Å². The van der Waals surface area contributed by atoms with Crippen molar-refractivity contribution in [1.29, 1.82) is 0 Å². The van der Waals surface area contributed by atoms with E-state index in [-0.39, 0.29) is 5.91 Å². The summed E-state index contributed by atoms with van der Waals surface area (Å²) in [7, 11) is 0. The van der Waals surface area contributed by atoms with E-state index in [4.69, 9.17) is 4.74 Å². The molecule has 0 spiro atoms. The number of carbonyl (C=O) groups excluding carboxylic acids is 1. The molecule has 0 fully saturated rings. The Labute approximate surface area is 169 Å². The Hall–Kier alpha value is -3.47. The predicted molar refractivity (Wildman–Crippen MR) is 115 cm³/mol. The molecule has 146 valence electrons. The van der Waals surface area contributed by atoms with E-state index in [0.717, 1.165) is 38.8 Å². The summed E-state index contributed by atoms with van der Waals surface area (Å²) in [5.41, 5.74) is 4.25. The average molecular weight is 385 g/mol. The standard InChI is InChI=1S/C24H23N3O2/c1-16-9-10-21-19(14-16)15-20(17(2)27-21)24(28)26-12-5-13-29-22-8-3-6-18-7-4-11-25-23(18)22/h3-4,6-11,14-15H,5,12-13H2,1-2H3,(H,26,28). The Balaban J connectivity index is 1.34. The highest BCUT2D eigenvalue weighted by atomic mass is 16.5. The highest BCUT2D eigenvalue weighted by Crippen LogP contribution is 2.23. The van der Waals surface area contributed by atoms with Crippen molar-refractivity contribution in [2.75, 3.05) is 13.2 Å². The van der Waals surface area contributed by atoms with Crippen LogP contribution in [0, 0.1) is 13.8 Å². The van der Waals surface area contributed by atoms with Crippen molar-refractivity contribution in [2.24, 2.45) is 0 Å². The number of ether oxygens (including phenoxy) is 1. The first-order valence-electron chi connectivity index (χ1n) is 9.74. The summed E-state index contributed by atoms with van der Waals surface area (Å²) in [4.78, 5) is 21.5. The van der Waals surface area contributed by atoms with Gasteiger partial charge in [-0.15, -0.1) is 0 Å². The van der Waals surface area contributed by atoms with Crippen LogP contribution in [-0.2, 0) is 0 Å². The molecule has 0 radical (unpaired) electrons. The Kier molecular flexibility index (Phi) is 5.38. The average Bonchev–Trinajstić information content (AvgIpc) is 2.73. The van der Waals surface area contributed by atoms with Crippen molar-refractivity contribution in [1.82, 2.24) is 15.3 Å². The number of rotatable bonds is 6. The molecule has 2 heterocycles. The smallest absolute Gasteiger partial charge is 0.253 e. The van der Waals surface area contributed by atoms with Crippen molar-refractivity contribution < 1.29 is 9.53 Å². The second kappa shape index (κ2) is 8.27. The summed E-state index contributed by atoms with van der Waals surface area (Å²) < 4.78 is 5.88. The van der Waals surface area contributed by atoms with Gasteiger partial charge in [0.1, 0.15) is 11.3 Å². The third kappa shape index (κ3) is 4.19.